The van der Waals surface area contributed by atoms with E-state index in [0.29, 0.717) is 17.3 Å². The highest BCUT2D eigenvalue weighted by molar-refractivity contribution is 6.33. The maximum Gasteiger partial charge on any atom is 0.231 e. The van der Waals surface area contributed by atoms with E-state index in [9.17, 15) is 0 Å². The largest absolute Gasteiger partial charge is 0.454 e. The predicted octanol–water partition coefficient (Wildman–Crippen LogP) is 2.37. The van der Waals surface area contributed by atoms with Crippen LogP contribution in [0, 0.1) is 6.92 Å². The van der Waals surface area contributed by atoms with Gasteiger partial charge in [0.25, 0.3) is 0 Å². The van der Waals surface area contributed by atoms with Crippen LogP contribution in [0.5, 0.6) is 11.5 Å². The van der Waals surface area contributed by atoms with Crippen LogP contribution in [0.4, 0.5) is 0 Å². The highest BCUT2D eigenvalue weighted by Crippen LogP contribution is 2.53. The minimum Gasteiger partial charge on any atom is -0.454 e. The van der Waals surface area contributed by atoms with Crippen molar-refractivity contribution in [3.05, 3.63) is 22.2 Å². The number of rotatable bonds is 2. The van der Waals surface area contributed by atoms with Gasteiger partial charge >= 0.3 is 0 Å². The molecule has 86 valence electrons. The van der Waals surface area contributed by atoms with Gasteiger partial charge < -0.3 is 15.2 Å². The Labute approximate surface area is 99.5 Å². The highest BCUT2D eigenvalue weighted by Gasteiger charge is 2.45. The Morgan fingerprint density at radius 3 is 2.81 bits per heavy atom. The molecule has 1 aliphatic heterocycles. The molecule has 1 aliphatic carbocycles. The van der Waals surface area contributed by atoms with Gasteiger partial charge in [0, 0.05) is 12.0 Å². The molecule has 2 N–H and O–H groups in total. The van der Waals surface area contributed by atoms with Crippen LogP contribution in [0.15, 0.2) is 6.07 Å². The molecule has 1 fully saturated rings. The summed E-state index contributed by atoms with van der Waals surface area (Å²) in [5, 5.41) is 0.671. The van der Waals surface area contributed by atoms with Crippen LogP contribution in [0.3, 0.4) is 0 Å². The Bertz CT molecular complexity index is 455. The minimum atomic E-state index is 0.134. The lowest BCUT2D eigenvalue weighted by molar-refractivity contribution is 0.174. The van der Waals surface area contributed by atoms with Gasteiger partial charge in [-0.1, -0.05) is 11.6 Å². The van der Waals surface area contributed by atoms with Crippen LogP contribution in [-0.4, -0.2) is 13.3 Å². The molecule has 1 heterocycles. The van der Waals surface area contributed by atoms with Crippen molar-refractivity contribution in [2.24, 2.45) is 5.73 Å². The number of hydrogen-bond donors (Lipinski definition) is 1. The maximum atomic E-state index is 6.29. The van der Waals surface area contributed by atoms with E-state index < -0.39 is 0 Å². The van der Waals surface area contributed by atoms with Crippen molar-refractivity contribution in [2.45, 2.75) is 25.2 Å². The van der Waals surface area contributed by atoms with E-state index in [1.54, 1.807) is 0 Å². The molecule has 1 aromatic rings. The predicted molar refractivity (Wildman–Crippen MR) is 62.3 cm³/mol. The first kappa shape index (κ1) is 10.2. The number of nitrogens with two attached hydrogens (primary N) is 1. The molecule has 0 unspecified atom stereocenters. The zero-order valence-electron chi connectivity index (χ0n) is 9.18. The Hall–Kier alpha value is -0.930. The molecule has 0 amide bonds. The first-order chi connectivity index (χ1) is 7.68. The first-order valence-electron chi connectivity index (χ1n) is 5.47. The summed E-state index contributed by atoms with van der Waals surface area (Å²) in [7, 11) is 0. The standard InChI is InChI=1S/C12H14ClNO2/c1-7-8(12(5-14)2-3-12)4-9-11(10(7)13)16-6-15-9/h4H,2-3,5-6,14H2,1H3. The summed E-state index contributed by atoms with van der Waals surface area (Å²) in [5.74, 6) is 1.43. The van der Waals surface area contributed by atoms with Gasteiger partial charge in [0.1, 0.15) is 0 Å². The third-order valence-corrected chi connectivity index (χ3v) is 4.12. The quantitative estimate of drug-likeness (QED) is 0.862. The third-order valence-electron chi connectivity index (χ3n) is 3.67. The van der Waals surface area contributed by atoms with Crippen LogP contribution in [0.25, 0.3) is 0 Å². The molecule has 1 saturated carbocycles. The summed E-state index contributed by atoms with van der Waals surface area (Å²) in [6.45, 7) is 2.95. The van der Waals surface area contributed by atoms with Gasteiger partial charge in [-0.2, -0.15) is 0 Å². The molecule has 2 aliphatic rings. The molecule has 0 saturated heterocycles. The van der Waals surface area contributed by atoms with Crippen molar-refractivity contribution >= 4 is 11.6 Å². The zero-order chi connectivity index (χ0) is 11.3. The lowest BCUT2D eigenvalue weighted by Crippen LogP contribution is -2.20. The molecule has 1 aromatic carbocycles. The number of fused-ring (bicyclic) bond motifs is 1. The molecular formula is C12H14ClNO2. The monoisotopic (exact) mass is 239 g/mol. The van der Waals surface area contributed by atoms with Crippen molar-refractivity contribution in [3.63, 3.8) is 0 Å². The normalized spacial score (nSPS) is 19.9. The lowest BCUT2D eigenvalue weighted by Gasteiger charge is -2.18. The summed E-state index contributed by atoms with van der Waals surface area (Å²) < 4.78 is 10.7. The van der Waals surface area contributed by atoms with Crippen molar-refractivity contribution in [2.75, 3.05) is 13.3 Å². The van der Waals surface area contributed by atoms with Gasteiger partial charge in [0.2, 0.25) is 6.79 Å². The van der Waals surface area contributed by atoms with Crippen molar-refractivity contribution in [3.8, 4) is 11.5 Å². The first-order valence-corrected chi connectivity index (χ1v) is 5.85. The fourth-order valence-corrected chi connectivity index (χ4v) is 2.63. The van der Waals surface area contributed by atoms with E-state index >= 15 is 0 Å². The lowest BCUT2D eigenvalue weighted by atomic mass is 9.91. The summed E-state index contributed by atoms with van der Waals surface area (Å²) in [4.78, 5) is 0. The molecular weight excluding hydrogens is 226 g/mol. The summed E-state index contributed by atoms with van der Waals surface area (Å²) in [6.07, 6.45) is 2.28. The van der Waals surface area contributed by atoms with Gasteiger partial charge in [-0.15, -0.1) is 0 Å². The van der Waals surface area contributed by atoms with Crippen molar-refractivity contribution < 1.29 is 9.47 Å². The average Bonchev–Trinajstić information content (AvgIpc) is 2.95. The number of benzene rings is 1. The van der Waals surface area contributed by atoms with E-state index in [2.05, 4.69) is 0 Å². The van der Waals surface area contributed by atoms with Gasteiger partial charge in [-0.3, -0.25) is 0 Å². The Morgan fingerprint density at radius 2 is 2.19 bits per heavy atom. The smallest absolute Gasteiger partial charge is 0.231 e. The third kappa shape index (κ3) is 1.25. The van der Waals surface area contributed by atoms with E-state index in [0.717, 1.165) is 24.2 Å². The molecule has 4 heteroatoms. The van der Waals surface area contributed by atoms with E-state index in [1.165, 1.54) is 5.56 Å². The summed E-state index contributed by atoms with van der Waals surface area (Å²) in [5.41, 5.74) is 8.29. The average molecular weight is 240 g/mol. The molecule has 0 bridgehead atoms. The van der Waals surface area contributed by atoms with E-state index in [4.69, 9.17) is 26.8 Å². The van der Waals surface area contributed by atoms with Crippen LogP contribution in [-0.2, 0) is 5.41 Å². The second kappa shape index (κ2) is 3.28. The van der Waals surface area contributed by atoms with Crippen LogP contribution in [0.2, 0.25) is 5.02 Å². The summed E-state index contributed by atoms with van der Waals surface area (Å²) >= 11 is 6.29. The molecule has 0 aromatic heterocycles. The minimum absolute atomic E-state index is 0.134. The Balaban J connectivity index is 2.17. The van der Waals surface area contributed by atoms with Crippen LogP contribution >= 0.6 is 11.6 Å². The summed E-state index contributed by atoms with van der Waals surface area (Å²) in [6, 6.07) is 2.05. The fraction of sp³-hybridized carbons (Fsp3) is 0.500. The van der Waals surface area contributed by atoms with E-state index in [-0.39, 0.29) is 12.2 Å². The number of hydrogen-bond acceptors (Lipinski definition) is 3. The molecule has 3 rings (SSSR count). The zero-order valence-corrected chi connectivity index (χ0v) is 9.93. The van der Waals surface area contributed by atoms with Crippen LogP contribution in [0.1, 0.15) is 24.0 Å². The van der Waals surface area contributed by atoms with E-state index in [1.807, 2.05) is 13.0 Å². The SMILES string of the molecule is Cc1c(C2(CN)CC2)cc2c(c1Cl)OCO2. The second-order valence-corrected chi connectivity index (χ2v) is 4.96. The van der Waals surface area contributed by atoms with Gasteiger partial charge in [0.05, 0.1) is 5.02 Å². The molecule has 0 spiro atoms. The number of ether oxygens (including phenoxy) is 2. The fourth-order valence-electron chi connectivity index (χ4n) is 2.38. The molecule has 3 nitrogen and oxygen atoms in total. The van der Waals surface area contributed by atoms with Gasteiger partial charge in [-0.25, -0.2) is 0 Å². The molecule has 0 atom stereocenters. The van der Waals surface area contributed by atoms with Crippen molar-refractivity contribution in [1.82, 2.24) is 0 Å². The van der Waals surface area contributed by atoms with Crippen molar-refractivity contribution in [1.29, 1.82) is 0 Å². The Morgan fingerprint density at radius 1 is 1.44 bits per heavy atom. The van der Waals surface area contributed by atoms with Crippen LogP contribution < -0.4 is 15.2 Å². The highest BCUT2D eigenvalue weighted by atomic mass is 35.5. The Kier molecular flexibility index (Phi) is 2.10. The van der Waals surface area contributed by atoms with Gasteiger partial charge in [0.15, 0.2) is 11.5 Å². The molecule has 16 heavy (non-hydrogen) atoms. The number of halogens is 1. The maximum absolute atomic E-state index is 6.29. The van der Waals surface area contributed by atoms with Gasteiger partial charge in [-0.05, 0) is 37.0 Å². The molecule has 0 radical (unpaired) electrons. The second-order valence-electron chi connectivity index (χ2n) is 4.58. The topological polar surface area (TPSA) is 44.5 Å².